The van der Waals surface area contributed by atoms with E-state index in [1.54, 1.807) is 4.90 Å². The van der Waals surface area contributed by atoms with E-state index in [1.165, 1.54) is 0 Å². The fourth-order valence-corrected chi connectivity index (χ4v) is 1.15. The molecular weight excluding hydrogens is 192 g/mol. The highest BCUT2D eigenvalue weighted by molar-refractivity contribution is 5.78. The smallest absolute Gasteiger partial charge is 0.234 e. The van der Waals surface area contributed by atoms with Crippen LogP contribution in [-0.4, -0.2) is 37.0 Å². The minimum Gasteiger partial charge on any atom is -0.354 e. The molecule has 0 spiro atoms. The molecule has 0 aliphatic heterocycles. The van der Waals surface area contributed by atoms with Crippen molar-refractivity contribution in [3.05, 3.63) is 0 Å². The summed E-state index contributed by atoms with van der Waals surface area (Å²) in [5.41, 5.74) is 0. The molecule has 0 bridgehead atoms. The highest BCUT2D eigenvalue weighted by atomic mass is 16.2. The van der Waals surface area contributed by atoms with Crippen LogP contribution in [0.2, 0.25) is 0 Å². The van der Waals surface area contributed by atoms with E-state index in [4.69, 9.17) is 10.5 Å². The van der Waals surface area contributed by atoms with Crippen molar-refractivity contribution in [1.82, 2.24) is 10.2 Å². The first-order valence-electron chi connectivity index (χ1n) is 4.97. The predicted molar refractivity (Wildman–Crippen MR) is 55.6 cm³/mol. The van der Waals surface area contributed by atoms with Crippen molar-refractivity contribution in [3.8, 4) is 12.1 Å². The molecule has 0 aromatic carbocycles. The lowest BCUT2D eigenvalue weighted by Crippen LogP contribution is -2.38. The van der Waals surface area contributed by atoms with Crippen LogP contribution in [0.4, 0.5) is 0 Å². The van der Waals surface area contributed by atoms with Crippen molar-refractivity contribution in [3.63, 3.8) is 0 Å². The Morgan fingerprint density at radius 3 is 2.67 bits per heavy atom. The largest absolute Gasteiger partial charge is 0.354 e. The molecule has 0 aliphatic carbocycles. The molecule has 0 radical (unpaired) electrons. The maximum Gasteiger partial charge on any atom is 0.234 e. The Morgan fingerprint density at radius 2 is 2.13 bits per heavy atom. The highest BCUT2D eigenvalue weighted by Crippen LogP contribution is 1.90. The van der Waals surface area contributed by atoms with Crippen LogP contribution in [0.25, 0.3) is 0 Å². The number of nitrogens with zero attached hydrogens (tertiary/aromatic N) is 3. The molecule has 0 rings (SSSR count). The van der Waals surface area contributed by atoms with Crippen LogP contribution >= 0.6 is 0 Å². The van der Waals surface area contributed by atoms with E-state index in [-0.39, 0.29) is 19.0 Å². The average Bonchev–Trinajstić information content (AvgIpc) is 2.19. The summed E-state index contributed by atoms with van der Waals surface area (Å²) in [6, 6.07) is 3.96. The normalized spacial score (nSPS) is 9.33. The molecule has 0 aromatic heterocycles. The Labute approximate surface area is 90.3 Å². The zero-order chi connectivity index (χ0) is 11.5. The number of nitrogens with one attached hydrogen (secondary N) is 1. The second kappa shape index (κ2) is 8.98. The van der Waals surface area contributed by atoms with Crippen LogP contribution in [0.1, 0.15) is 19.8 Å². The number of hydrogen-bond acceptors (Lipinski definition) is 4. The summed E-state index contributed by atoms with van der Waals surface area (Å²) in [6.45, 7) is 3.60. The van der Waals surface area contributed by atoms with Gasteiger partial charge in [0.2, 0.25) is 5.91 Å². The Kier molecular flexibility index (Phi) is 8.03. The number of amides is 1. The molecule has 0 aromatic rings. The molecular formula is C10H16N4O. The molecule has 1 N–H and O–H groups in total. The summed E-state index contributed by atoms with van der Waals surface area (Å²) < 4.78 is 0. The van der Waals surface area contributed by atoms with Gasteiger partial charge in [0.25, 0.3) is 0 Å². The van der Waals surface area contributed by atoms with Crippen LogP contribution in [0.15, 0.2) is 0 Å². The van der Waals surface area contributed by atoms with E-state index in [1.807, 2.05) is 19.1 Å². The van der Waals surface area contributed by atoms with Crippen molar-refractivity contribution < 1.29 is 4.79 Å². The van der Waals surface area contributed by atoms with Gasteiger partial charge in [-0.1, -0.05) is 6.92 Å². The van der Waals surface area contributed by atoms with E-state index >= 15 is 0 Å². The van der Waals surface area contributed by atoms with Crippen molar-refractivity contribution in [1.29, 1.82) is 10.5 Å². The zero-order valence-corrected chi connectivity index (χ0v) is 8.99. The minimum atomic E-state index is -0.131. The first-order chi connectivity index (χ1) is 7.24. The Morgan fingerprint density at radius 1 is 1.40 bits per heavy atom. The number of carbonyl (C=O) groups excluding carboxylic acids is 1. The maximum absolute atomic E-state index is 11.3. The minimum absolute atomic E-state index is 0.131. The first-order valence-corrected chi connectivity index (χ1v) is 4.97. The van der Waals surface area contributed by atoms with Gasteiger partial charge >= 0.3 is 0 Å². The topological polar surface area (TPSA) is 79.9 Å². The van der Waals surface area contributed by atoms with Crippen LogP contribution in [-0.2, 0) is 4.79 Å². The van der Waals surface area contributed by atoms with Crippen LogP contribution in [0.5, 0.6) is 0 Å². The van der Waals surface area contributed by atoms with Gasteiger partial charge in [0, 0.05) is 6.54 Å². The third kappa shape index (κ3) is 7.48. The van der Waals surface area contributed by atoms with Gasteiger partial charge in [-0.25, -0.2) is 0 Å². The van der Waals surface area contributed by atoms with Gasteiger partial charge in [-0.05, 0) is 13.0 Å². The molecule has 15 heavy (non-hydrogen) atoms. The molecule has 0 fully saturated rings. The molecule has 0 unspecified atom stereocenters. The molecule has 82 valence electrons. The first kappa shape index (κ1) is 13.4. The Bertz CT molecular complexity index is 264. The van der Waals surface area contributed by atoms with E-state index in [2.05, 4.69) is 5.32 Å². The Hall–Kier alpha value is -1.59. The van der Waals surface area contributed by atoms with Crippen molar-refractivity contribution >= 4 is 5.91 Å². The summed E-state index contributed by atoms with van der Waals surface area (Å²) in [5, 5.41) is 19.4. The molecule has 0 saturated heterocycles. The van der Waals surface area contributed by atoms with Crippen molar-refractivity contribution in [2.45, 2.75) is 19.8 Å². The lowest BCUT2D eigenvalue weighted by Gasteiger charge is -2.16. The standard InChI is InChI=1S/C10H16N4O/c1-2-7-14(8-5-12)9-10(15)13-6-3-4-11/h2-3,6-9H2,1H3,(H,13,15). The quantitative estimate of drug-likeness (QED) is 0.480. The van der Waals surface area contributed by atoms with Crippen LogP contribution in [0.3, 0.4) is 0 Å². The van der Waals surface area contributed by atoms with E-state index in [0.29, 0.717) is 13.0 Å². The second-order valence-corrected chi connectivity index (χ2v) is 3.13. The number of rotatable bonds is 7. The van der Waals surface area contributed by atoms with Crippen LogP contribution < -0.4 is 5.32 Å². The van der Waals surface area contributed by atoms with Gasteiger partial charge in [-0.3, -0.25) is 9.69 Å². The van der Waals surface area contributed by atoms with E-state index in [9.17, 15) is 4.79 Å². The predicted octanol–water partition coefficient (Wildman–Crippen LogP) is 0.252. The summed E-state index contributed by atoms with van der Waals surface area (Å²) >= 11 is 0. The molecule has 0 heterocycles. The zero-order valence-electron chi connectivity index (χ0n) is 8.99. The van der Waals surface area contributed by atoms with Gasteiger partial charge in [0.15, 0.2) is 0 Å². The lowest BCUT2D eigenvalue weighted by atomic mass is 10.3. The molecule has 0 aliphatic rings. The monoisotopic (exact) mass is 208 g/mol. The summed E-state index contributed by atoms with van der Waals surface area (Å²) in [4.78, 5) is 13.1. The van der Waals surface area contributed by atoms with Gasteiger partial charge in [0.05, 0.1) is 31.6 Å². The van der Waals surface area contributed by atoms with Crippen molar-refractivity contribution in [2.75, 3.05) is 26.2 Å². The summed E-state index contributed by atoms with van der Waals surface area (Å²) in [5.74, 6) is -0.131. The maximum atomic E-state index is 11.3. The third-order valence-electron chi connectivity index (χ3n) is 1.76. The SMILES string of the molecule is CCCN(CC#N)CC(=O)NCCC#N. The number of hydrogen-bond donors (Lipinski definition) is 1. The van der Waals surface area contributed by atoms with Crippen LogP contribution in [0, 0.1) is 22.7 Å². The van der Waals surface area contributed by atoms with Gasteiger partial charge in [-0.2, -0.15) is 10.5 Å². The average molecular weight is 208 g/mol. The molecule has 5 nitrogen and oxygen atoms in total. The van der Waals surface area contributed by atoms with Gasteiger partial charge < -0.3 is 5.32 Å². The lowest BCUT2D eigenvalue weighted by molar-refractivity contribution is -0.122. The summed E-state index contributed by atoms with van der Waals surface area (Å²) in [7, 11) is 0. The van der Waals surface area contributed by atoms with Gasteiger partial charge in [0.1, 0.15) is 0 Å². The van der Waals surface area contributed by atoms with Crippen molar-refractivity contribution in [2.24, 2.45) is 0 Å². The third-order valence-corrected chi connectivity index (χ3v) is 1.76. The molecule has 5 heteroatoms. The molecule has 0 atom stereocenters. The summed E-state index contributed by atoms with van der Waals surface area (Å²) in [6.07, 6.45) is 1.23. The Balaban J connectivity index is 3.80. The fraction of sp³-hybridized carbons (Fsp3) is 0.700. The molecule has 0 saturated carbocycles. The van der Waals surface area contributed by atoms with Gasteiger partial charge in [-0.15, -0.1) is 0 Å². The highest BCUT2D eigenvalue weighted by Gasteiger charge is 2.08. The second-order valence-electron chi connectivity index (χ2n) is 3.13. The fourth-order valence-electron chi connectivity index (χ4n) is 1.15. The van der Waals surface area contributed by atoms with E-state index in [0.717, 1.165) is 13.0 Å². The number of carbonyl (C=O) groups is 1. The number of nitriles is 2. The molecule has 1 amide bonds. The van der Waals surface area contributed by atoms with E-state index < -0.39 is 0 Å².